The topological polar surface area (TPSA) is 72.8 Å². The molecule has 0 saturated heterocycles. The molecule has 0 aliphatic rings. The number of carbonyl (C=O) groups is 1. The molecular weight excluding hydrogens is 263 g/mol. The van der Waals surface area contributed by atoms with Crippen molar-refractivity contribution in [3.05, 3.63) is 29.6 Å². The molecule has 0 bridgehead atoms. The van der Waals surface area contributed by atoms with Crippen LogP contribution in [0, 0.1) is 5.82 Å². The van der Waals surface area contributed by atoms with E-state index < -0.39 is 17.8 Å². The van der Waals surface area contributed by atoms with Crippen molar-refractivity contribution in [2.24, 2.45) is 0 Å². The van der Waals surface area contributed by atoms with Gasteiger partial charge >= 0.3 is 5.97 Å². The van der Waals surface area contributed by atoms with E-state index in [2.05, 4.69) is 10.2 Å². The SMILES string of the molecule is CCN(CC)CCNC(C(=O)O)c1cc(O)cc(F)c1. The summed E-state index contributed by atoms with van der Waals surface area (Å²) in [6, 6.07) is 2.28. The molecule has 0 spiro atoms. The van der Waals surface area contributed by atoms with E-state index in [1.54, 1.807) is 0 Å². The Morgan fingerprint density at radius 2 is 2.00 bits per heavy atom. The molecule has 1 rings (SSSR count). The van der Waals surface area contributed by atoms with Gasteiger partial charge in [-0.25, -0.2) is 4.39 Å². The lowest BCUT2D eigenvalue weighted by Gasteiger charge is -2.20. The summed E-state index contributed by atoms with van der Waals surface area (Å²) in [4.78, 5) is 13.4. The van der Waals surface area contributed by atoms with E-state index in [4.69, 9.17) is 0 Å². The molecule has 112 valence electrons. The first-order chi connectivity index (χ1) is 9.47. The van der Waals surface area contributed by atoms with Crippen LogP contribution >= 0.6 is 0 Å². The molecule has 0 heterocycles. The number of phenolic OH excluding ortho intramolecular Hbond substituents is 1. The van der Waals surface area contributed by atoms with Gasteiger partial charge in [0.1, 0.15) is 17.6 Å². The fourth-order valence-electron chi connectivity index (χ4n) is 2.02. The van der Waals surface area contributed by atoms with E-state index in [0.717, 1.165) is 25.2 Å². The van der Waals surface area contributed by atoms with Gasteiger partial charge in [-0.2, -0.15) is 0 Å². The largest absolute Gasteiger partial charge is 0.508 e. The molecule has 1 atom stereocenters. The Morgan fingerprint density at radius 3 is 2.50 bits per heavy atom. The third-order valence-electron chi connectivity index (χ3n) is 3.16. The summed E-state index contributed by atoms with van der Waals surface area (Å²) in [6.45, 7) is 7.01. The number of aromatic hydroxyl groups is 1. The minimum atomic E-state index is -1.10. The number of benzene rings is 1. The van der Waals surface area contributed by atoms with Gasteiger partial charge in [0.15, 0.2) is 0 Å². The maximum absolute atomic E-state index is 13.2. The van der Waals surface area contributed by atoms with Crippen molar-refractivity contribution in [1.29, 1.82) is 0 Å². The predicted molar refractivity (Wildman–Crippen MR) is 74.2 cm³/mol. The van der Waals surface area contributed by atoms with Crippen molar-refractivity contribution in [2.45, 2.75) is 19.9 Å². The van der Waals surface area contributed by atoms with Gasteiger partial charge < -0.3 is 15.1 Å². The van der Waals surface area contributed by atoms with E-state index in [1.807, 2.05) is 13.8 Å². The number of nitrogens with one attached hydrogen (secondary N) is 1. The molecular formula is C14H21FN2O3. The molecule has 1 unspecified atom stereocenters. The third-order valence-corrected chi connectivity index (χ3v) is 3.16. The number of halogens is 1. The van der Waals surface area contributed by atoms with Crippen LogP contribution in [0.4, 0.5) is 4.39 Å². The number of aliphatic carboxylic acids is 1. The normalized spacial score (nSPS) is 12.6. The average molecular weight is 284 g/mol. The van der Waals surface area contributed by atoms with Gasteiger partial charge in [0.25, 0.3) is 0 Å². The van der Waals surface area contributed by atoms with Crippen LogP contribution in [0.1, 0.15) is 25.5 Å². The van der Waals surface area contributed by atoms with Crippen LogP contribution < -0.4 is 5.32 Å². The first kappa shape index (κ1) is 16.4. The van der Waals surface area contributed by atoms with Crippen molar-refractivity contribution >= 4 is 5.97 Å². The van der Waals surface area contributed by atoms with Crippen molar-refractivity contribution in [3.8, 4) is 5.75 Å². The van der Waals surface area contributed by atoms with Gasteiger partial charge in [0.05, 0.1) is 0 Å². The Labute approximate surface area is 118 Å². The quantitative estimate of drug-likeness (QED) is 0.676. The molecule has 1 aromatic carbocycles. The maximum Gasteiger partial charge on any atom is 0.325 e. The molecule has 6 heteroatoms. The third kappa shape index (κ3) is 4.79. The summed E-state index contributed by atoms with van der Waals surface area (Å²) in [5, 5.41) is 21.4. The summed E-state index contributed by atoms with van der Waals surface area (Å²) >= 11 is 0. The first-order valence-electron chi connectivity index (χ1n) is 6.65. The summed E-state index contributed by atoms with van der Waals surface area (Å²) in [5.74, 6) is -2.04. The molecule has 3 N–H and O–H groups in total. The molecule has 20 heavy (non-hydrogen) atoms. The smallest absolute Gasteiger partial charge is 0.325 e. The average Bonchev–Trinajstić information content (AvgIpc) is 2.37. The number of carboxylic acid groups (broad SMARTS) is 1. The summed E-state index contributed by atoms with van der Waals surface area (Å²) in [5.41, 5.74) is 0.203. The van der Waals surface area contributed by atoms with Gasteiger partial charge in [0, 0.05) is 19.2 Å². The highest BCUT2D eigenvalue weighted by molar-refractivity contribution is 5.75. The van der Waals surface area contributed by atoms with Crippen LogP contribution in [-0.2, 0) is 4.79 Å². The van der Waals surface area contributed by atoms with Crippen molar-refractivity contribution in [1.82, 2.24) is 10.2 Å². The molecule has 0 radical (unpaired) electrons. The lowest BCUT2D eigenvalue weighted by atomic mass is 10.1. The second-order valence-electron chi connectivity index (χ2n) is 4.50. The highest BCUT2D eigenvalue weighted by Crippen LogP contribution is 2.20. The van der Waals surface area contributed by atoms with Gasteiger partial charge in [-0.15, -0.1) is 0 Å². The molecule has 0 amide bonds. The zero-order chi connectivity index (χ0) is 15.1. The number of rotatable bonds is 8. The summed E-state index contributed by atoms with van der Waals surface area (Å²) in [6.07, 6.45) is 0. The molecule has 0 aliphatic heterocycles. The van der Waals surface area contributed by atoms with Crippen LogP contribution in [0.5, 0.6) is 5.75 Å². The van der Waals surface area contributed by atoms with E-state index in [-0.39, 0.29) is 11.3 Å². The number of nitrogens with zero attached hydrogens (tertiary/aromatic N) is 1. The number of phenols is 1. The van der Waals surface area contributed by atoms with Crippen LogP contribution in [0.3, 0.4) is 0 Å². The van der Waals surface area contributed by atoms with Crippen LogP contribution in [0.25, 0.3) is 0 Å². The highest BCUT2D eigenvalue weighted by atomic mass is 19.1. The van der Waals surface area contributed by atoms with E-state index in [0.29, 0.717) is 13.1 Å². The van der Waals surface area contributed by atoms with Gasteiger partial charge in [-0.1, -0.05) is 13.8 Å². The molecule has 0 aromatic heterocycles. The van der Waals surface area contributed by atoms with Gasteiger partial charge in [-0.3, -0.25) is 10.1 Å². The van der Waals surface area contributed by atoms with Crippen LogP contribution in [0.15, 0.2) is 18.2 Å². The molecule has 0 saturated carbocycles. The fourth-order valence-corrected chi connectivity index (χ4v) is 2.02. The standard InChI is InChI=1S/C14H21FN2O3/c1-3-17(4-2)6-5-16-13(14(19)20)10-7-11(15)9-12(18)8-10/h7-9,13,16,18H,3-6H2,1-2H3,(H,19,20). The van der Waals surface area contributed by atoms with Gasteiger partial charge in [-0.05, 0) is 30.8 Å². The Morgan fingerprint density at radius 1 is 1.35 bits per heavy atom. The Balaban J connectivity index is 2.72. The fraction of sp³-hybridized carbons (Fsp3) is 0.500. The Bertz CT molecular complexity index is 430. The zero-order valence-electron chi connectivity index (χ0n) is 11.8. The van der Waals surface area contributed by atoms with E-state index in [1.165, 1.54) is 6.07 Å². The highest BCUT2D eigenvalue weighted by Gasteiger charge is 2.20. The maximum atomic E-state index is 13.2. The second-order valence-corrected chi connectivity index (χ2v) is 4.50. The minimum absolute atomic E-state index is 0.203. The van der Waals surface area contributed by atoms with E-state index in [9.17, 15) is 19.4 Å². The second kappa shape index (κ2) is 7.81. The molecule has 1 aromatic rings. The van der Waals surface area contributed by atoms with Crippen molar-refractivity contribution < 1.29 is 19.4 Å². The Hall–Kier alpha value is -1.66. The summed E-state index contributed by atoms with van der Waals surface area (Å²) in [7, 11) is 0. The van der Waals surface area contributed by atoms with Crippen molar-refractivity contribution in [3.63, 3.8) is 0 Å². The van der Waals surface area contributed by atoms with Crippen LogP contribution in [0.2, 0.25) is 0 Å². The lowest BCUT2D eigenvalue weighted by Crippen LogP contribution is -2.36. The minimum Gasteiger partial charge on any atom is -0.508 e. The number of carboxylic acids is 1. The predicted octanol–water partition coefficient (Wildman–Crippen LogP) is 1.59. The van der Waals surface area contributed by atoms with E-state index >= 15 is 0 Å². The van der Waals surface area contributed by atoms with Gasteiger partial charge in [0.2, 0.25) is 0 Å². The molecule has 0 aliphatic carbocycles. The first-order valence-corrected chi connectivity index (χ1v) is 6.65. The zero-order valence-corrected chi connectivity index (χ0v) is 11.8. The number of likely N-dealkylation sites (N-methyl/N-ethyl adjacent to an activating group) is 1. The molecule has 0 fully saturated rings. The summed E-state index contributed by atoms with van der Waals surface area (Å²) < 4.78 is 13.2. The monoisotopic (exact) mass is 284 g/mol. The number of hydrogen-bond donors (Lipinski definition) is 3. The van der Waals surface area contributed by atoms with Crippen molar-refractivity contribution in [2.75, 3.05) is 26.2 Å². The molecule has 5 nitrogen and oxygen atoms in total. The number of hydrogen-bond acceptors (Lipinski definition) is 4. The Kier molecular flexibility index (Phi) is 6.41. The lowest BCUT2D eigenvalue weighted by molar-refractivity contribution is -0.139. The van der Waals surface area contributed by atoms with Crippen LogP contribution in [-0.4, -0.2) is 47.3 Å².